The van der Waals surface area contributed by atoms with Gasteiger partial charge in [0.05, 0.1) is 0 Å². The van der Waals surface area contributed by atoms with Crippen LogP contribution in [0.2, 0.25) is 0 Å². The average Bonchev–Trinajstić information content (AvgIpc) is 2.35. The Kier molecular flexibility index (Phi) is 6.32. The van der Waals surface area contributed by atoms with Crippen LogP contribution in [-0.2, 0) is 0 Å². The molecule has 3 N–H and O–H groups in total. The van der Waals surface area contributed by atoms with Crippen molar-refractivity contribution in [2.45, 2.75) is 25.2 Å². The summed E-state index contributed by atoms with van der Waals surface area (Å²) in [6, 6.07) is 0.450. The highest BCUT2D eigenvalue weighted by Gasteiger charge is 2.26. The van der Waals surface area contributed by atoms with Crippen molar-refractivity contribution >= 4 is 0 Å². The Hall–Kier alpha value is -0.240. The first-order chi connectivity index (χ1) is 8.06. The fourth-order valence-electron chi connectivity index (χ4n) is 2.20. The van der Waals surface area contributed by atoms with E-state index in [4.69, 9.17) is 0 Å². The summed E-state index contributed by atoms with van der Waals surface area (Å²) in [5.74, 6) is 0. The van der Waals surface area contributed by atoms with E-state index in [9.17, 15) is 5.11 Å². The van der Waals surface area contributed by atoms with Gasteiger partial charge in [0.2, 0.25) is 0 Å². The molecule has 0 bridgehead atoms. The molecule has 102 valence electrons. The standard InChI is InChI=1S/C11H27N5O/c1-12-9-13-11(17)15(4)10-5-7-16(8-6-10)14(2)3/h10-13,17H,5-9H2,1-4H3. The Balaban J connectivity index is 2.32. The summed E-state index contributed by atoms with van der Waals surface area (Å²) < 4.78 is 0. The van der Waals surface area contributed by atoms with Gasteiger partial charge in [-0.05, 0) is 26.9 Å². The van der Waals surface area contributed by atoms with Gasteiger partial charge < -0.3 is 10.4 Å². The normalized spacial score (nSPS) is 21.4. The van der Waals surface area contributed by atoms with Gasteiger partial charge in [-0.3, -0.25) is 10.2 Å². The van der Waals surface area contributed by atoms with Crippen molar-refractivity contribution in [1.82, 2.24) is 25.6 Å². The minimum absolute atomic E-state index is 0.450. The zero-order chi connectivity index (χ0) is 12.8. The summed E-state index contributed by atoms with van der Waals surface area (Å²) in [4.78, 5) is 2.02. The molecule has 1 fully saturated rings. The Morgan fingerprint density at radius 1 is 1.29 bits per heavy atom. The zero-order valence-electron chi connectivity index (χ0n) is 11.5. The summed E-state index contributed by atoms with van der Waals surface area (Å²) in [6.45, 7) is 2.73. The lowest BCUT2D eigenvalue weighted by atomic mass is 10.1. The number of hydrogen-bond acceptors (Lipinski definition) is 6. The van der Waals surface area contributed by atoms with Crippen molar-refractivity contribution in [1.29, 1.82) is 0 Å². The summed E-state index contributed by atoms with van der Waals surface area (Å²) in [5, 5.41) is 20.4. The van der Waals surface area contributed by atoms with E-state index in [0.717, 1.165) is 25.9 Å². The van der Waals surface area contributed by atoms with Crippen LogP contribution in [0.25, 0.3) is 0 Å². The summed E-state index contributed by atoms with van der Waals surface area (Å²) in [5.41, 5.74) is 0. The summed E-state index contributed by atoms with van der Waals surface area (Å²) >= 11 is 0. The molecule has 0 spiro atoms. The average molecular weight is 245 g/mol. The third-order valence-electron chi connectivity index (χ3n) is 3.43. The third kappa shape index (κ3) is 4.50. The van der Waals surface area contributed by atoms with Crippen LogP contribution >= 0.6 is 0 Å². The van der Waals surface area contributed by atoms with Crippen LogP contribution in [0.1, 0.15) is 12.8 Å². The van der Waals surface area contributed by atoms with Crippen molar-refractivity contribution in [2.75, 3.05) is 47.9 Å². The first-order valence-electron chi connectivity index (χ1n) is 6.26. The van der Waals surface area contributed by atoms with Gasteiger partial charge in [-0.15, -0.1) is 0 Å². The van der Waals surface area contributed by atoms with Crippen molar-refractivity contribution in [3.05, 3.63) is 0 Å². The molecule has 6 nitrogen and oxygen atoms in total. The SMILES string of the molecule is CNCNC(O)N(C)C1CCN(N(C)C)CC1. The molecule has 1 atom stereocenters. The highest BCUT2D eigenvalue weighted by molar-refractivity contribution is 4.77. The number of hydrogen-bond donors (Lipinski definition) is 3. The van der Waals surface area contributed by atoms with Crippen molar-refractivity contribution in [3.63, 3.8) is 0 Å². The molecule has 0 radical (unpaired) electrons. The fourth-order valence-corrected chi connectivity index (χ4v) is 2.20. The lowest BCUT2D eigenvalue weighted by Gasteiger charge is -2.40. The van der Waals surface area contributed by atoms with Crippen LogP contribution in [0, 0.1) is 0 Å². The third-order valence-corrected chi connectivity index (χ3v) is 3.43. The molecule has 0 aliphatic carbocycles. The highest BCUT2D eigenvalue weighted by Crippen LogP contribution is 2.16. The lowest BCUT2D eigenvalue weighted by Crippen LogP contribution is -2.54. The molecule has 1 heterocycles. The van der Waals surface area contributed by atoms with Crippen molar-refractivity contribution in [3.8, 4) is 0 Å². The van der Waals surface area contributed by atoms with E-state index < -0.39 is 6.35 Å². The topological polar surface area (TPSA) is 54.0 Å². The predicted octanol–water partition coefficient (Wildman–Crippen LogP) is -1.10. The van der Waals surface area contributed by atoms with E-state index in [1.807, 2.05) is 19.0 Å². The fraction of sp³-hybridized carbons (Fsp3) is 1.00. The van der Waals surface area contributed by atoms with Crippen LogP contribution in [0.15, 0.2) is 0 Å². The van der Waals surface area contributed by atoms with E-state index in [2.05, 4.69) is 34.7 Å². The molecule has 1 aliphatic rings. The minimum Gasteiger partial charge on any atom is -0.365 e. The van der Waals surface area contributed by atoms with Gasteiger partial charge in [-0.25, -0.2) is 10.0 Å². The molecule has 0 amide bonds. The first-order valence-corrected chi connectivity index (χ1v) is 6.26. The summed E-state index contributed by atoms with van der Waals surface area (Å²) in [7, 11) is 7.99. The van der Waals surface area contributed by atoms with Gasteiger partial charge in [0.15, 0.2) is 6.35 Å². The second-order valence-corrected chi connectivity index (χ2v) is 4.81. The first kappa shape index (κ1) is 14.8. The van der Waals surface area contributed by atoms with E-state index in [-0.39, 0.29) is 0 Å². The van der Waals surface area contributed by atoms with Gasteiger partial charge >= 0.3 is 0 Å². The van der Waals surface area contributed by atoms with Gasteiger partial charge in [0.25, 0.3) is 0 Å². The minimum atomic E-state index is -0.571. The van der Waals surface area contributed by atoms with Gasteiger partial charge in [-0.2, -0.15) is 0 Å². The highest BCUT2D eigenvalue weighted by atomic mass is 16.3. The molecule has 1 saturated heterocycles. The largest absolute Gasteiger partial charge is 0.365 e. The Morgan fingerprint density at radius 2 is 1.88 bits per heavy atom. The number of rotatable bonds is 6. The molecule has 17 heavy (non-hydrogen) atoms. The Morgan fingerprint density at radius 3 is 2.35 bits per heavy atom. The maximum atomic E-state index is 9.93. The van der Waals surface area contributed by atoms with E-state index in [0.29, 0.717) is 12.7 Å². The second-order valence-electron chi connectivity index (χ2n) is 4.81. The van der Waals surface area contributed by atoms with E-state index in [1.165, 1.54) is 0 Å². The maximum absolute atomic E-state index is 9.93. The number of piperidine rings is 1. The van der Waals surface area contributed by atoms with Crippen molar-refractivity contribution in [2.24, 2.45) is 0 Å². The van der Waals surface area contributed by atoms with Gasteiger partial charge in [0, 0.05) is 39.9 Å². The van der Waals surface area contributed by atoms with Crippen LogP contribution in [0.5, 0.6) is 0 Å². The van der Waals surface area contributed by atoms with Gasteiger partial charge in [0.1, 0.15) is 0 Å². The van der Waals surface area contributed by atoms with Crippen LogP contribution in [0.3, 0.4) is 0 Å². The number of aliphatic hydroxyl groups is 1. The predicted molar refractivity (Wildman–Crippen MR) is 69.1 cm³/mol. The Bertz CT molecular complexity index is 206. The molecular weight excluding hydrogens is 218 g/mol. The molecule has 0 saturated carbocycles. The zero-order valence-corrected chi connectivity index (χ0v) is 11.5. The molecule has 1 aliphatic heterocycles. The maximum Gasteiger partial charge on any atom is 0.164 e. The van der Waals surface area contributed by atoms with Crippen LogP contribution in [0.4, 0.5) is 0 Å². The van der Waals surface area contributed by atoms with E-state index in [1.54, 1.807) is 0 Å². The number of nitrogens with one attached hydrogen (secondary N) is 2. The van der Waals surface area contributed by atoms with Crippen LogP contribution in [-0.4, -0.2) is 80.4 Å². The number of nitrogens with zero attached hydrogens (tertiary/aromatic N) is 3. The molecule has 1 unspecified atom stereocenters. The molecule has 0 aromatic heterocycles. The smallest absolute Gasteiger partial charge is 0.164 e. The number of aliphatic hydroxyl groups excluding tert-OH is 1. The quantitative estimate of drug-likeness (QED) is 0.517. The molecule has 1 rings (SSSR count). The molecular formula is C11H27N5O. The number of hydrazine groups is 1. The Labute approximate surface area is 105 Å². The monoisotopic (exact) mass is 245 g/mol. The second kappa shape index (κ2) is 7.25. The molecule has 6 heteroatoms. The van der Waals surface area contributed by atoms with E-state index >= 15 is 0 Å². The summed E-state index contributed by atoms with van der Waals surface area (Å²) in [6.07, 6.45) is 1.61. The molecule has 0 aromatic carbocycles. The lowest BCUT2D eigenvalue weighted by molar-refractivity contribution is -0.0684. The molecule has 0 aromatic rings. The van der Waals surface area contributed by atoms with Crippen LogP contribution < -0.4 is 10.6 Å². The van der Waals surface area contributed by atoms with Gasteiger partial charge in [-0.1, -0.05) is 0 Å². The van der Waals surface area contributed by atoms with Crippen molar-refractivity contribution < 1.29 is 5.11 Å².